The van der Waals surface area contributed by atoms with Gasteiger partial charge in [0.1, 0.15) is 0 Å². The van der Waals surface area contributed by atoms with Crippen LogP contribution >= 0.6 is 0 Å². The van der Waals surface area contributed by atoms with E-state index in [2.05, 4.69) is 5.32 Å². The molecule has 0 radical (unpaired) electrons. The minimum Gasteiger partial charge on any atom is -0.381 e. The van der Waals surface area contributed by atoms with Gasteiger partial charge in [-0.25, -0.2) is 0 Å². The number of hydrogen-bond acceptors (Lipinski definition) is 3. The Morgan fingerprint density at radius 3 is 2.28 bits per heavy atom. The van der Waals surface area contributed by atoms with Crippen molar-refractivity contribution in [2.24, 2.45) is 17.6 Å². The van der Waals surface area contributed by atoms with Crippen molar-refractivity contribution in [3.8, 4) is 0 Å². The second-order valence-corrected chi connectivity index (χ2v) is 5.78. The lowest BCUT2D eigenvalue weighted by Crippen LogP contribution is -2.39. The summed E-state index contributed by atoms with van der Waals surface area (Å²) in [6, 6.07) is 0.339. The van der Waals surface area contributed by atoms with Gasteiger partial charge in [0.15, 0.2) is 0 Å². The molecular formula is C14H26N2O2. The molecule has 2 fully saturated rings. The predicted molar refractivity (Wildman–Crippen MR) is 71.1 cm³/mol. The third kappa shape index (κ3) is 4.25. The Hall–Kier alpha value is -0.610. The summed E-state index contributed by atoms with van der Waals surface area (Å²) < 4.78 is 5.29. The van der Waals surface area contributed by atoms with Crippen molar-refractivity contribution >= 4 is 5.91 Å². The smallest absolute Gasteiger partial charge is 0.220 e. The first kappa shape index (κ1) is 13.8. The maximum atomic E-state index is 12.0. The van der Waals surface area contributed by atoms with Gasteiger partial charge in [-0.2, -0.15) is 0 Å². The third-order valence-electron chi connectivity index (χ3n) is 4.36. The van der Waals surface area contributed by atoms with Gasteiger partial charge in [0.05, 0.1) is 0 Å². The Bertz CT molecular complexity index is 257. The molecule has 0 bridgehead atoms. The van der Waals surface area contributed by atoms with Crippen LogP contribution in [0.3, 0.4) is 0 Å². The number of amides is 1. The number of rotatable bonds is 4. The van der Waals surface area contributed by atoms with Crippen LogP contribution in [0.4, 0.5) is 0 Å². The van der Waals surface area contributed by atoms with E-state index in [4.69, 9.17) is 10.5 Å². The lowest BCUT2D eigenvalue weighted by Gasteiger charge is -2.28. The topological polar surface area (TPSA) is 64.4 Å². The van der Waals surface area contributed by atoms with Gasteiger partial charge in [-0.05, 0) is 56.9 Å². The molecule has 0 unspecified atom stereocenters. The van der Waals surface area contributed by atoms with E-state index in [1.165, 1.54) is 25.7 Å². The molecule has 1 aliphatic carbocycles. The molecule has 0 aromatic carbocycles. The number of carbonyl (C=O) groups is 1. The first-order valence-electron chi connectivity index (χ1n) is 7.35. The molecule has 1 saturated carbocycles. The number of nitrogens with one attached hydrogen (secondary N) is 1. The van der Waals surface area contributed by atoms with Crippen molar-refractivity contribution in [3.05, 3.63) is 0 Å². The van der Waals surface area contributed by atoms with Crippen LogP contribution in [-0.4, -0.2) is 31.7 Å². The van der Waals surface area contributed by atoms with E-state index < -0.39 is 0 Å². The van der Waals surface area contributed by atoms with E-state index in [1.807, 2.05) is 0 Å². The van der Waals surface area contributed by atoms with Gasteiger partial charge >= 0.3 is 0 Å². The summed E-state index contributed by atoms with van der Waals surface area (Å²) >= 11 is 0. The van der Waals surface area contributed by atoms with Crippen LogP contribution in [0.2, 0.25) is 0 Å². The van der Waals surface area contributed by atoms with Gasteiger partial charge in [0, 0.05) is 25.7 Å². The van der Waals surface area contributed by atoms with Gasteiger partial charge < -0.3 is 15.8 Å². The number of hydrogen-bond donors (Lipinski definition) is 2. The second kappa shape index (κ2) is 7.10. The van der Waals surface area contributed by atoms with Crippen molar-refractivity contribution in [1.82, 2.24) is 5.32 Å². The zero-order chi connectivity index (χ0) is 12.8. The van der Waals surface area contributed by atoms with E-state index in [0.29, 0.717) is 24.3 Å². The van der Waals surface area contributed by atoms with E-state index in [0.717, 1.165) is 32.6 Å². The Morgan fingerprint density at radius 2 is 1.67 bits per heavy atom. The zero-order valence-electron chi connectivity index (χ0n) is 11.2. The van der Waals surface area contributed by atoms with Gasteiger partial charge in [-0.15, -0.1) is 0 Å². The SMILES string of the molecule is NCC1CCC(CC(=O)NC2CCOCC2)CC1. The van der Waals surface area contributed by atoms with E-state index in [-0.39, 0.29) is 5.91 Å². The van der Waals surface area contributed by atoms with Crippen LogP contribution in [0, 0.1) is 11.8 Å². The third-order valence-corrected chi connectivity index (χ3v) is 4.36. The van der Waals surface area contributed by atoms with Crippen molar-refractivity contribution in [2.45, 2.75) is 51.0 Å². The average molecular weight is 254 g/mol. The molecule has 1 aliphatic heterocycles. The summed E-state index contributed by atoms with van der Waals surface area (Å²) in [5, 5.41) is 3.15. The highest BCUT2D eigenvalue weighted by Gasteiger charge is 2.23. The molecule has 1 heterocycles. The number of nitrogens with two attached hydrogens (primary N) is 1. The van der Waals surface area contributed by atoms with Crippen molar-refractivity contribution in [3.63, 3.8) is 0 Å². The minimum atomic E-state index is 0.234. The average Bonchev–Trinajstić information content (AvgIpc) is 2.40. The summed E-state index contributed by atoms with van der Waals surface area (Å²) in [5.74, 6) is 1.51. The fourth-order valence-corrected chi connectivity index (χ4v) is 3.06. The molecule has 0 spiro atoms. The lowest BCUT2D eigenvalue weighted by molar-refractivity contribution is -0.123. The Kier molecular flexibility index (Phi) is 5.45. The largest absolute Gasteiger partial charge is 0.381 e. The van der Waals surface area contributed by atoms with Crippen molar-refractivity contribution in [2.75, 3.05) is 19.8 Å². The molecular weight excluding hydrogens is 228 g/mol. The minimum absolute atomic E-state index is 0.234. The molecule has 1 saturated heterocycles. The lowest BCUT2D eigenvalue weighted by atomic mass is 9.80. The molecule has 3 N–H and O–H groups in total. The fourth-order valence-electron chi connectivity index (χ4n) is 3.06. The van der Waals surface area contributed by atoms with Crippen molar-refractivity contribution < 1.29 is 9.53 Å². The molecule has 2 rings (SSSR count). The Balaban J connectivity index is 1.65. The highest BCUT2D eigenvalue weighted by atomic mass is 16.5. The molecule has 0 aromatic rings. The van der Waals surface area contributed by atoms with Gasteiger partial charge in [-0.1, -0.05) is 0 Å². The summed E-state index contributed by atoms with van der Waals surface area (Å²) in [7, 11) is 0. The first-order chi connectivity index (χ1) is 8.78. The maximum absolute atomic E-state index is 12.0. The van der Waals surface area contributed by atoms with E-state index in [9.17, 15) is 4.79 Å². The van der Waals surface area contributed by atoms with Crippen molar-refractivity contribution in [1.29, 1.82) is 0 Å². The van der Waals surface area contributed by atoms with Gasteiger partial charge in [0.2, 0.25) is 5.91 Å². The van der Waals surface area contributed by atoms with Crippen LogP contribution in [0.1, 0.15) is 44.9 Å². The molecule has 1 amide bonds. The summed E-state index contributed by atoms with van der Waals surface area (Å²) in [6.07, 6.45) is 7.37. The molecule has 4 heteroatoms. The van der Waals surface area contributed by atoms with E-state index in [1.54, 1.807) is 0 Å². The molecule has 4 nitrogen and oxygen atoms in total. The predicted octanol–water partition coefficient (Wildman–Crippen LogP) is 1.44. The van der Waals surface area contributed by atoms with Crippen LogP contribution in [0.15, 0.2) is 0 Å². The van der Waals surface area contributed by atoms with Gasteiger partial charge in [-0.3, -0.25) is 4.79 Å². The first-order valence-corrected chi connectivity index (χ1v) is 7.35. The molecule has 0 atom stereocenters. The van der Waals surface area contributed by atoms with Crippen LogP contribution in [0.25, 0.3) is 0 Å². The standard InChI is InChI=1S/C14H26N2O2/c15-10-12-3-1-11(2-4-12)9-14(17)16-13-5-7-18-8-6-13/h11-13H,1-10,15H2,(H,16,17). The van der Waals surface area contributed by atoms with Gasteiger partial charge in [0.25, 0.3) is 0 Å². The molecule has 0 aromatic heterocycles. The highest BCUT2D eigenvalue weighted by molar-refractivity contribution is 5.76. The monoisotopic (exact) mass is 254 g/mol. The fraction of sp³-hybridized carbons (Fsp3) is 0.929. The quantitative estimate of drug-likeness (QED) is 0.798. The summed E-state index contributed by atoms with van der Waals surface area (Å²) in [6.45, 7) is 2.38. The van der Waals surface area contributed by atoms with Crippen LogP contribution < -0.4 is 11.1 Å². The van der Waals surface area contributed by atoms with E-state index >= 15 is 0 Å². The Labute approximate surface area is 110 Å². The normalized spacial score (nSPS) is 30.1. The van der Waals surface area contributed by atoms with Crippen LogP contribution in [0.5, 0.6) is 0 Å². The number of ether oxygens (including phenoxy) is 1. The molecule has 2 aliphatic rings. The second-order valence-electron chi connectivity index (χ2n) is 5.78. The van der Waals surface area contributed by atoms with Crippen LogP contribution in [-0.2, 0) is 9.53 Å². The summed E-state index contributed by atoms with van der Waals surface area (Å²) in [5.41, 5.74) is 5.68. The maximum Gasteiger partial charge on any atom is 0.220 e. The number of carbonyl (C=O) groups excluding carboxylic acids is 1. The highest BCUT2D eigenvalue weighted by Crippen LogP contribution is 2.30. The molecule has 18 heavy (non-hydrogen) atoms. The zero-order valence-corrected chi connectivity index (χ0v) is 11.2. The summed E-state index contributed by atoms with van der Waals surface area (Å²) in [4.78, 5) is 12.0. The Morgan fingerprint density at radius 1 is 1.06 bits per heavy atom. The molecule has 104 valence electrons.